The molecule has 2 aromatic rings. The first-order valence-corrected chi connectivity index (χ1v) is 6.15. The number of benzene rings is 1. The molecule has 92 valence electrons. The Bertz CT molecular complexity index is 710. The van der Waals surface area contributed by atoms with Crippen LogP contribution in [0.3, 0.4) is 0 Å². The van der Waals surface area contributed by atoms with Crippen LogP contribution >= 0.6 is 0 Å². The Labute approximate surface area is 111 Å². The minimum atomic E-state index is 0.607. The first-order valence-electron chi connectivity index (χ1n) is 6.15. The van der Waals surface area contributed by atoms with E-state index in [0.29, 0.717) is 5.56 Å². The van der Waals surface area contributed by atoms with Crippen LogP contribution in [-0.2, 0) is 13.1 Å². The molecule has 0 fully saturated rings. The monoisotopic (exact) mass is 248 g/mol. The quantitative estimate of drug-likeness (QED) is 0.714. The minimum absolute atomic E-state index is 0.607. The third kappa shape index (κ3) is 2.22. The molecule has 0 bridgehead atoms. The van der Waals surface area contributed by atoms with Crippen molar-refractivity contribution in [3.05, 3.63) is 53.1 Å². The highest BCUT2D eigenvalue weighted by Crippen LogP contribution is 2.09. The largest absolute Gasteiger partial charge is 0.319 e. The average Bonchev–Trinajstić information content (AvgIpc) is 2.89. The van der Waals surface area contributed by atoms with Crippen LogP contribution in [0, 0.1) is 23.2 Å². The molecular weight excluding hydrogens is 236 g/mol. The fraction of sp³-hybridized carbons (Fsp3) is 0.200. The lowest BCUT2D eigenvalue weighted by atomic mass is 10.1. The molecule has 4 heteroatoms. The van der Waals surface area contributed by atoms with Gasteiger partial charge in [0.15, 0.2) is 0 Å². The molecule has 0 spiro atoms. The summed E-state index contributed by atoms with van der Waals surface area (Å²) in [7, 11) is 0. The van der Waals surface area contributed by atoms with Crippen LogP contribution in [0.5, 0.6) is 0 Å². The number of hydrogen-bond acceptors (Lipinski definition) is 3. The van der Waals surface area contributed by atoms with Crippen molar-refractivity contribution < 1.29 is 0 Å². The first kappa shape index (κ1) is 11.5. The third-order valence-corrected chi connectivity index (χ3v) is 3.11. The second-order valence-corrected chi connectivity index (χ2v) is 4.30. The van der Waals surface area contributed by atoms with Gasteiger partial charge in [0, 0.05) is 18.7 Å². The van der Waals surface area contributed by atoms with E-state index in [1.54, 1.807) is 12.3 Å². The number of nitrogens with one attached hydrogen (secondary N) is 1. The number of imidazole rings is 1. The van der Waals surface area contributed by atoms with E-state index in [4.69, 9.17) is 5.26 Å². The topological polar surface area (TPSA) is 53.6 Å². The standard InChI is InChI=1S/C15H12N4/c16-9-13-4-2-1-3-12(13)5-6-14-10-18-15-11-17-7-8-19(14)15/h1-4,10,17H,7-8,11H2. The molecule has 0 unspecified atom stereocenters. The smallest absolute Gasteiger partial charge is 0.123 e. The molecule has 0 atom stereocenters. The van der Waals surface area contributed by atoms with E-state index in [1.165, 1.54) is 0 Å². The van der Waals surface area contributed by atoms with E-state index in [2.05, 4.69) is 32.8 Å². The van der Waals surface area contributed by atoms with Crippen molar-refractivity contribution >= 4 is 0 Å². The van der Waals surface area contributed by atoms with Gasteiger partial charge < -0.3 is 9.88 Å². The van der Waals surface area contributed by atoms with E-state index in [1.807, 2.05) is 18.2 Å². The highest BCUT2D eigenvalue weighted by atomic mass is 15.1. The zero-order valence-electron chi connectivity index (χ0n) is 10.3. The van der Waals surface area contributed by atoms with Gasteiger partial charge in [-0.15, -0.1) is 0 Å². The van der Waals surface area contributed by atoms with Gasteiger partial charge in [0.25, 0.3) is 0 Å². The fourth-order valence-corrected chi connectivity index (χ4v) is 2.12. The molecule has 0 saturated carbocycles. The maximum Gasteiger partial charge on any atom is 0.123 e. The molecule has 19 heavy (non-hydrogen) atoms. The van der Waals surface area contributed by atoms with Gasteiger partial charge in [-0.05, 0) is 18.1 Å². The van der Waals surface area contributed by atoms with E-state index in [-0.39, 0.29) is 0 Å². The Hall–Kier alpha value is -2.56. The normalized spacial score (nSPS) is 13.0. The molecular formula is C15H12N4. The van der Waals surface area contributed by atoms with E-state index < -0.39 is 0 Å². The van der Waals surface area contributed by atoms with Crippen LogP contribution in [0.1, 0.15) is 22.6 Å². The van der Waals surface area contributed by atoms with E-state index in [9.17, 15) is 0 Å². The van der Waals surface area contributed by atoms with Crippen LogP contribution in [-0.4, -0.2) is 16.1 Å². The maximum absolute atomic E-state index is 9.02. The SMILES string of the molecule is N#Cc1ccccc1C#Cc1cnc2n1CCNC2. The Morgan fingerprint density at radius 1 is 1.21 bits per heavy atom. The Morgan fingerprint density at radius 3 is 2.89 bits per heavy atom. The first-order chi connectivity index (χ1) is 9.38. The zero-order chi connectivity index (χ0) is 13.1. The molecule has 1 N–H and O–H groups in total. The summed E-state index contributed by atoms with van der Waals surface area (Å²) in [5.74, 6) is 7.20. The predicted molar refractivity (Wildman–Crippen MR) is 71.1 cm³/mol. The average molecular weight is 248 g/mol. The summed E-state index contributed by atoms with van der Waals surface area (Å²) in [5.41, 5.74) is 2.27. The number of nitrogens with zero attached hydrogens (tertiary/aromatic N) is 3. The van der Waals surface area contributed by atoms with Crippen molar-refractivity contribution in [3.63, 3.8) is 0 Å². The molecule has 0 amide bonds. The predicted octanol–water partition coefficient (Wildman–Crippen LogP) is 1.26. The van der Waals surface area contributed by atoms with Crippen molar-refractivity contribution in [2.45, 2.75) is 13.1 Å². The number of rotatable bonds is 0. The summed E-state index contributed by atoms with van der Waals surface area (Å²) < 4.78 is 2.12. The fourth-order valence-electron chi connectivity index (χ4n) is 2.12. The molecule has 4 nitrogen and oxygen atoms in total. The lowest BCUT2D eigenvalue weighted by Gasteiger charge is -2.15. The molecule has 0 radical (unpaired) electrons. The van der Waals surface area contributed by atoms with Gasteiger partial charge in [0.05, 0.1) is 18.3 Å². The van der Waals surface area contributed by atoms with Crippen molar-refractivity contribution in [3.8, 4) is 17.9 Å². The summed E-state index contributed by atoms with van der Waals surface area (Å²) in [6.07, 6.45) is 1.80. The lowest BCUT2D eigenvalue weighted by molar-refractivity contribution is 0.503. The highest BCUT2D eigenvalue weighted by molar-refractivity contribution is 5.49. The molecule has 1 aromatic carbocycles. The Morgan fingerprint density at radius 2 is 2.05 bits per heavy atom. The number of aromatic nitrogens is 2. The number of fused-ring (bicyclic) bond motifs is 1. The van der Waals surface area contributed by atoms with E-state index in [0.717, 1.165) is 36.7 Å². The van der Waals surface area contributed by atoms with Crippen LogP contribution in [0.25, 0.3) is 0 Å². The van der Waals surface area contributed by atoms with Crippen LogP contribution in [0.4, 0.5) is 0 Å². The minimum Gasteiger partial charge on any atom is -0.319 e. The van der Waals surface area contributed by atoms with Gasteiger partial charge in [-0.2, -0.15) is 5.26 Å². The van der Waals surface area contributed by atoms with Gasteiger partial charge >= 0.3 is 0 Å². The zero-order valence-corrected chi connectivity index (χ0v) is 10.3. The third-order valence-electron chi connectivity index (χ3n) is 3.11. The van der Waals surface area contributed by atoms with Crippen LogP contribution in [0.2, 0.25) is 0 Å². The molecule has 1 aliphatic heterocycles. The summed E-state index contributed by atoms with van der Waals surface area (Å²) >= 11 is 0. The van der Waals surface area contributed by atoms with Crippen molar-refractivity contribution in [1.29, 1.82) is 5.26 Å². The lowest BCUT2D eigenvalue weighted by Crippen LogP contribution is -2.28. The van der Waals surface area contributed by atoms with Gasteiger partial charge in [-0.3, -0.25) is 0 Å². The molecule has 1 aliphatic rings. The number of hydrogen-bond donors (Lipinski definition) is 1. The van der Waals surface area contributed by atoms with Crippen LogP contribution in [0.15, 0.2) is 30.5 Å². The molecule has 2 heterocycles. The second-order valence-electron chi connectivity index (χ2n) is 4.30. The number of nitriles is 1. The Kier molecular flexibility index (Phi) is 3.02. The van der Waals surface area contributed by atoms with Gasteiger partial charge in [0.2, 0.25) is 0 Å². The van der Waals surface area contributed by atoms with Gasteiger partial charge in [0.1, 0.15) is 17.6 Å². The second kappa shape index (κ2) is 4.97. The molecule has 0 saturated heterocycles. The van der Waals surface area contributed by atoms with Crippen molar-refractivity contribution in [2.75, 3.05) is 6.54 Å². The summed E-state index contributed by atoms with van der Waals surface area (Å²) in [6, 6.07) is 9.53. The van der Waals surface area contributed by atoms with Gasteiger partial charge in [-0.1, -0.05) is 18.1 Å². The molecule has 1 aromatic heterocycles. The van der Waals surface area contributed by atoms with E-state index >= 15 is 0 Å². The van der Waals surface area contributed by atoms with Crippen molar-refractivity contribution in [2.24, 2.45) is 0 Å². The highest BCUT2D eigenvalue weighted by Gasteiger charge is 2.11. The summed E-state index contributed by atoms with van der Waals surface area (Å²) in [4.78, 5) is 4.34. The van der Waals surface area contributed by atoms with Crippen molar-refractivity contribution in [1.82, 2.24) is 14.9 Å². The maximum atomic E-state index is 9.02. The Balaban J connectivity index is 1.96. The summed E-state index contributed by atoms with van der Waals surface area (Å²) in [6.45, 7) is 2.61. The molecule has 0 aliphatic carbocycles. The molecule has 3 rings (SSSR count). The van der Waals surface area contributed by atoms with Gasteiger partial charge in [-0.25, -0.2) is 4.98 Å². The summed E-state index contributed by atoms with van der Waals surface area (Å²) in [5, 5.41) is 12.3. The van der Waals surface area contributed by atoms with Crippen LogP contribution < -0.4 is 5.32 Å².